The molecule has 0 spiro atoms. The Morgan fingerprint density at radius 1 is 1.43 bits per heavy atom. The molecule has 10 heteroatoms. The van der Waals surface area contributed by atoms with Crippen molar-refractivity contribution in [3.8, 4) is 5.75 Å². The second-order valence-corrected chi connectivity index (χ2v) is 5.16. The van der Waals surface area contributed by atoms with Crippen LogP contribution in [0.2, 0.25) is 10.0 Å². The van der Waals surface area contributed by atoms with Gasteiger partial charge in [-0.25, -0.2) is 4.98 Å². The second kappa shape index (κ2) is 7.21. The number of amides is 1. The van der Waals surface area contributed by atoms with E-state index < -0.39 is 22.8 Å². The third-order valence-electron chi connectivity index (χ3n) is 2.65. The summed E-state index contributed by atoms with van der Waals surface area (Å²) in [6.45, 7) is 1.43. The van der Waals surface area contributed by atoms with Crippen molar-refractivity contribution in [2.24, 2.45) is 0 Å². The Morgan fingerprint density at radius 2 is 2.17 bits per heavy atom. The number of carbonyl (C=O) groups is 1. The molecule has 0 unspecified atom stereocenters. The molecule has 1 N–H and O–H groups in total. The maximum Gasteiger partial charge on any atom is 0.406 e. The number of hydrogen-bond donors (Lipinski definition) is 1. The van der Waals surface area contributed by atoms with Gasteiger partial charge in [0.15, 0.2) is 11.9 Å². The summed E-state index contributed by atoms with van der Waals surface area (Å²) in [5.74, 6) is -1.07. The highest BCUT2D eigenvalue weighted by Gasteiger charge is 2.22. The van der Waals surface area contributed by atoms with E-state index in [-0.39, 0.29) is 16.6 Å². The van der Waals surface area contributed by atoms with Crippen LogP contribution in [0.15, 0.2) is 30.6 Å². The van der Waals surface area contributed by atoms with Crippen molar-refractivity contribution < 1.29 is 14.5 Å². The molecular formula is C13H10Cl2N4O4. The lowest BCUT2D eigenvalue weighted by atomic mass is 10.3. The zero-order valence-electron chi connectivity index (χ0n) is 11.7. The van der Waals surface area contributed by atoms with Gasteiger partial charge in [0.25, 0.3) is 5.91 Å². The van der Waals surface area contributed by atoms with Crippen molar-refractivity contribution in [1.82, 2.24) is 9.97 Å². The number of nitro groups is 1. The first-order valence-electron chi connectivity index (χ1n) is 6.26. The zero-order valence-corrected chi connectivity index (χ0v) is 13.2. The highest BCUT2D eigenvalue weighted by molar-refractivity contribution is 6.36. The number of ether oxygens (including phenoxy) is 1. The van der Waals surface area contributed by atoms with Crippen molar-refractivity contribution >= 4 is 40.7 Å². The van der Waals surface area contributed by atoms with Crippen LogP contribution in [0.5, 0.6) is 5.75 Å². The van der Waals surface area contributed by atoms with Crippen molar-refractivity contribution in [2.75, 3.05) is 5.32 Å². The minimum Gasteiger partial charge on any atom is -0.473 e. The van der Waals surface area contributed by atoms with Gasteiger partial charge >= 0.3 is 5.82 Å². The molecule has 2 heterocycles. The van der Waals surface area contributed by atoms with Gasteiger partial charge in [-0.1, -0.05) is 23.2 Å². The van der Waals surface area contributed by atoms with E-state index in [0.717, 1.165) is 0 Å². The molecule has 1 atom stereocenters. The Labute approximate surface area is 140 Å². The molecule has 120 valence electrons. The molecular weight excluding hydrogens is 347 g/mol. The number of pyridine rings is 2. The first-order valence-corrected chi connectivity index (χ1v) is 7.02. The van der Waals surface area contributed by atoms with Crippen LogP contribution >= 0.6 is 23.2 Å². The molecule has 0 saturated carbocycles. The lowest BCUT2D eigenvalue weighted by Gasteiger charge is -2.14. The summed E-state index contributed by atoms with van der Waals surface area (Å²) in [5.41, 5.74) is 0. The van der Waals surface area contributed by atoms with E-state index in [1.54, 1.807) is 0 Å². The summed E-state index contributed by atoms with van der Waals surface area (Å²) in [6.07, 6.45) is 1.54. The topological polar surface area (TPSA) is 107 Å². The largest absolute Gasteiger partial charge is 0.473 e. The minimum absolute atomic E-state index is 0.109. The first kappa shape index (κ1) is 16.9. The van der Waals surface area contributed by atoms with Crippen LogP contribution < -0.4 is 10.1 Å². The molecule has 1 amide bonds. The average molecular weight is 357 g/mol. The third-order valence-corrected chi connectivity index (χ3v) is 3.14. The van der Waals surface area contributed by atoms with Gasteiger partial charge in [-0.15, -0.1) is 0 Å². The maximum atomic E-state index is 12.1. The van der Waals surface area contributed by atoms with E-state index >= 15 is 0 Å². The molecule has 0 aromatic carbocycles. The standard InChI is InChI=1S/C13H10Cl2N4O4/c1-7(23-10-3-2-4-16-12(10)19(21)22)13(20)18-11-9(15)5-8(14)6-17-11/h2-7H,1H3,(H,17,18,20)/t7-/m1/s1. The van der Waals surface area contributed by atoms with Gasteiger partial charge in [0.05, 0.1) is 10.0 Å². The third kappa shape index (κ3) is 4.27. The Morgan fingerprint density at radius 3 is 2.83 bits per heavy atom. The van der Waals surface area contributed by atoms with Gasteiger partial charge in [-0.05, 0) is 35.0 Å². The van der Waals surface area contributed by atoms with E-state index in [0.29, 0.717) is 5.02 Å². The predicted octanol–water partition coefficient (Wildman–Crippen LogP) is 3.10. The molecule has 0 aliphatic heterocycles. The SMILES string of the molecule is C[C@@H](Oc1cccnc1[N+](=O)[O-])C(=O)Nc1ncc(Cl)cc1Cl. The first-order chi connectivity index (χ1) is 10.9. The smallest absolute Gasteiger partial charge is 0.406 e. The van der Waals surface area contributed by atoms with Gasteiger partial charge in [-0.3, -0.25) is 4.79 Å². The van der Waals surface area contributed by atoms with Crippen molar-refractivity contribution in [1.29, 1.82) is 0 Å². The van der Waals surface area contributed by atoms with Gasteiger partial charge in [0.2, 0.25) is 5.75 Å². The van der Waals surface area contributed by atoms with Gasteiger partial charge < -0.3 is 20.2 Å². The van der Waals surface area contributed by atoms with Crippen molar-refractivity contribution in [3.05, 3.63) is 50.8 Å². The molecule has 2 aromatic heterocycles. The number of rotatable bonds is 5. The molecule has 0 radical (unpaired) electrons. The molecule has 0 saturated heterocycles. The van der Waals surface area contributed by atoms with E-state index in [1.165, 1.54) is 37.5 Å². The highest BCUT2D eigenvalue weighted by atomic mass is 35.5. The summed E-state index contributed by atoms with van der Waals surface area (Å²) >= 11 is 11.6. The molecule has 23 heavy (non-hydrogen) atoms. The lowest BCUT2D eigenvalue weighted by molar-refractivity contribution is -0.390. The summed E-state index contributed by atoms with van der Waals surface area (Å²) < 4.78 is 5.29. The van der Waals surface area contributed by atoms with Crippen molar-refractivity contribution in [2.45, 2.75) is 13.0 Å². The van der Waals surface area contributed by atoms with Crippen LogP contribution in [0.4, 0.5) is 11.6 Å². The number of anilines is 1. The van der Waals surface area contributed by atoms with E-state index in [4.69, 9.17) is 27.9 Å². The molecule has 0 aliphatic carbocycles. The lowest BCUT2D eigenvalue weighted by Crippen LogP contribution is -2.30. The average Bonchev–Trinajstić information content (AvgIpc) is 2.50. The molecule has 2 rings (SSSR count). The summed E-state index contributed by atoms with van der Waals surface area (Å²) in [7, 11) is 0. The van der Waals surface area contributed by atoms with Crippen molar-refractivity contribution in [3.63, 3.8) is 0 Å². The number of hydrogen-bond acceptors (Lipinski definition) is 6. The number of halogens is 2. The molecule has 0 bridgehead atoms. The summed E-state index contributed by atoms with van der Waals surface area (Å²) in [6, 6.07) is 4.23. The Balaban J connectivity index is 2.10. The number of nitrogens with one attached hydrogen (secondary N) is 1. The normalized spacial score (nSPS) is 11.6. The van der Waals surface area contributed by atoms with Gasteiger partial charge in [0.1, 0.15) is 6.20 Å². The van der Waals surface area contributed by atoms with E-state index in [2.05, 4.69) is 15.3 Å². The number of nitrogens with zero attached hydrogens (tertiary/aromatic N) is 3. The number of carbonyl (C=O) groups excluding carboxylic acids is 1. The fourth-order valence-electron chi connectivity index (χ4n) is 1.58. The predicted molar refractivity (Wildman–Crippen MR) is 83.9 cm³/mol. The fraction of sp³-hybridized carbons (Fsp3) is 0.154. The molecule has 8 nitrogen and oxygen atoms in total. The monoisotopic (exact) mass is 356 g/mol. The van der Waals surface area contributed by atoms with Gasteiger partial charge in [-0.2, -0.15) is 0 Å². The summed E-state index contributed by atoms with van der Waals surface area (Å²) in [5, 5.41) is 13.8. The van der Waals surface area contributed by atoms with Crippen LogP contribution in [0.1, 0.15) is 6.92 Å². The Hall–Kier alpha value is -2.45. The van der Waals surface area contributed by atoms with E-state index in [1.807, 2.05) is 0 Å². The van der Waals surface area contributed by atoms with Crippen LogP contribution in [0, 0.1) is 10.1 Å². The zero-order chi connectivity index (χ0) is 17.0. The second-order valence-electron chi connectivity index (χ2n) is 4.32. The van der Waals surface area contributed by atoms with Crippen LogP contribution in [-0.4, -0.2) is 26.9 Å². The molecule has 0 fully saturated rings. The van der Waals surface area contributed by atoms with Crippen LogP contribution in [-0.2, 0) is 4.79 Å². The van der Waals surface area contributed by atoms with Crippen LogP contribution in [0.25, 0.3) is 0 Å². The van der Waals surface area contributed by atoms with Crippen LogP contribution in [0.3, 0.4) is 0 Å². The Kier molecular flexibility index (Phi) is 5.30. The van der Waals surface area contributed by atoms with E-state index in [9.17, 15) is 14.9 Å². The fourth-order valence-corrected chi connectivity index (χ4v) is 2.01. The Bertz CT molecular complexity index is 757. The quantitative estimate of drug-likeness (QED) is 0.651. The minimum atomic E-state index is -1.04. The highest BCUT2D eigenvalue weighted by Crippen LogP contribution is 2.25. The molecule has 2 aromatic rings. The number of aromatic nitrogens is 2. The maximum absolute atomic E-state index is 12.1. The summed E-state index contributed by atoms with van der Waals surface area (Å²) in [4.78, 5) is 29.7. The van der Waals surface area contributed by atoms with Gasteiger partial charge in [0, 0.05) is 6.20 Å². The molecule has 0 aliphatic rings.